The smallest absolute Gasteiger partial charge is 0.144 e. The van der Waals surface area contributed by atoms with Crippen molar-refractivity contribution in [2.75, 3.05) is 5.32 Å². The summed E-state index contributed by atoms with van der Waals surface area (Å²) in [5, 5.41) is 10.4. The molecule has 2 rings (SSSR count). The van der Waals surface area contributed by atoms with Crippen LogP contribution in [0, 0.1) is 11.3 Å². The van der Waals surface area contributed by atoms with E-state index < -0.39 is 0 Å². The minimum absolute atomic E-state index is 0.542. The van der Waals surface area contributed by atoms with Crippen molar-refractivity contribution in [3.05, 3.63) is 18.1 Å². The summed E-state index contributed by atoms with van der Waals surface area (Å²) in [4.78, 5) is 8.30. The SMILES string of the molecule is C[C@H]1CC[C@@H](Nc2cnc(C=N)cn2)C1. The quantitative estimate of drug-likeness (QED) is 0.741. The van der Waals surface area contributed by atoms with E-state index in [0.29, 0.717) is 11.7 Å². The molecule has 0 spiro atoms. The van der Waals surface area contributed by atoms with Crippen LogP contribution >= 0.6 is 0 Å². The second-order valence-corrected chi connectivity index (χ2v) is 4.23. The van der Waals surface area contributed by atoms with Crippen LogP contribution < -0.4 is 5.32 Å². The van der Waals surface area contributed by atoms with E-state index >= 15 is 0 Å². The summed E-state index contributed by atoms with van der Waals surface area (Å²) >= 11 is 0. The Hall–Kier alpha value is -1.45. The zero-order chi connectivity index (χ0) is 10.7. The van der Waals surface area contributed by atoms with Crippen molar-refractivity contribution >= 4 is 12.0 Å². The Morgan fingerprint density at radius 1 is 1.40 bits per heavy atom. The third-order valence-corrected chi connectivity index (χ3v) is 2.87. The van der Waals surface area contributed by atoms with E-state index in [0.717, 1.165) is 11.7 Å². The number of aromatic nitrogens is 2. The van der Waals surface area contributed by atoms with Crippen molar-refractivity contribution in [2.24, 2.45) is 5.92 Å². The molecule has 2 atom stereocenters. The van der Waals surface area contributed by atoms with Gasteiger partial charge in [-0.15, -0.1) is 0 Å². The molecule has 1 aliphatic carbocycles. The van der Waals surface area contributed by atoms with Crippen molar-refractivity contribution in [2.45, 2.75) is 32.2 Å². The highest BCUT2D eigenvalue weighted by molar-refractivity contribution is 5.73. The fourth-order valence-electron chi connectivity index (χ4n) is 2.03. The van der Waals surface area contributed by atoms with Crippen LogP contribution in [-0.4, -0.2) is 22.2 Å². The fraction of sp³-hybridized carbons (Fsp3) is 0.545. The molecule has 1 aliphatic rings. The highest BCUT2D eigenvalue weighted by atomic mass is 15.0. The summed E-state index contributed by atoms with van der Waals surface area (Å²) in [5.41, 5.74) is 0.598. The van der Waals surface area contributed by atoms with Gasteiger partial charge in [-0.25, -0.2) is 9.97 Å². The summed E-state index contributed by atoms with van der Waals surface area (Å²) in [7, 11) is 0. The van der Waals surface area contributed by atoms with Gasteiger partial charge in [-0.1, -0.05) is 6.92 Å². The molecular weight excluding hydrogens is 188 g/mol. The average molecular weight is 204 g/mol. The average Bonchev–Trinajstić information content (AvgIpc) is 2.65. The molecule has 1 aromatic rings. The van der Waals surface area contributed by atoms with Gasteiger partial charge in [0.05, 0.1) is 18.1 Å². The molecule has 1 heterocycles. The molecule has 0 aliphatic heterocycles. The lowest BCUT2D eigenvalue weighted by molar-refractivity contribution is 0.602. The van der Waals surface area contributed by atoms with Crippen molar-refractivity contribution in [1.29, 1.82) is 5.41 Å². The molecule has 0 radical (unpaired) electrons. The molecule has 0 aromatic carbocycles. The number of nitrogens with zero attached hydrogens (tertiary/aromatic N) is 2. The predicted molar refractivity (Wildman–Crippen MR) is 60.3 cm³/mol. The Balaban J connectivity index is 1.96. The number of hydrogen-bond donors (Lipinski definition) is 2. The predicted octanol–water partition coefficient (Wildman–Crippen LogP) is 2.07. The number of hydrogen-bond acceptors (Lipinski definition) is 4. The van der Waals surface area contributed by atoms with E-state index in [4.69, 9.17) is 5.41 Å². The largest absolute Gasteiger partial charge is 0.366 e. The lowest BCUT2D eigenvalue weighted by Crippen LogP contribution is -2.16. The van der Waals surface area contributed by atoms with Gasteiger partial charge in [0.1, 0.15) is 5.82 Å². The van der Waals surface area contributed by atoms with Gasteiger partial charge in [-0.2, -0.15) is 0 Å². The molecule has 1 fully saturated rings. The highest BCUT2D eigenvalue weighted by Crippen LogP contribution is 2.26. The first-order valence-corrected chi connectivity index (χ1v) is 5.37. The molecule has 15 heavy (non-hydrogen) atoms. The molecule has 0 amide bonds. The van der Waals surface area contributed by atoms with Gasteiger partial charge in [0.25, 0.3) is 0 Å². The normalized spacial score (nSPS) is 25.1. The minimum atomic E-state index is 0.542. The van der Waals surface area contributed by atoms with E-state index in [1.165, 1.54) is 25.5 Å². The van der Waals surface area contributed by atoms with Gasteiger partial charge < -0.3 is 10.7 Å². The minimum Gasteiger partial charge on any atom is -0.366 e. The van der Waals surface area contributed by atoms with Crippen LogP contribution in [0.5, 0.6) is 0 Å². The molecule has 0 unspecified atom stereocenters. The van der Waals surface area contributed by atoms with Crippen molar-refractivity contribution in [3.63, 3.8) is 0 Å². The fourth-order valence-corrected chi connectivity index (χ4v) is 2.03. The Kier molecular flexibility index (Phi) is 2.94. The maximum Gasteiger partial charge on any atom is 0.144 e. The summed E-state index contributed by atoms with van der Waals surface area (Å²) in [6.07, 6.45) is 8.25. The zero-order valence-corrected chi connectivity index (χ0v) is 8.90. The van der Waals surface area contributed by atoms with Gasteiger partial charge >= 0.3 is 0 Å². The van der Waals surface area contributed by atoms with Crippen molar-refractivity contribution < 1.29 is 0 Å². The Labute approximate surface area is 89.7 Å². The molecule has 4 heteroatoms. The van der Waals surface area contributed by atoms with E-state index in [2.05, 4.69) is 22.2 Å². The first-order valence-electron chi connectivity index (χ1n) is 5.37. The molecular formula is C11H16N4. The maximum atomic E-state index is 7.02. The molecule has 4 nitrogen and oxygen atoms in total. The first kappa shape index (κ1) is 10.1. The Morgan fingerprint density at radius 3 is 2.80 bits per heavy atom. The first-order chi connectivity index (χ1) is 7.28. The molecule has 1 aromatic heterocycles. The third kappa shape index (κ3) is 2.52. The van der Waals surface area contributed by atoms with Gasteiger partial charge in [0.2, 0.25) is 0 Å². The van der Waals surface area contributed by atoms with Crippen LogP contribution in [0.15, 0.2) is 12.4 Å². The Bertz CT molecular complexity index is 333. The van der Waals surface area contributed by atoms with Crippen LogP contribution in [0.1, 0.15) is 31.9 Å². The highest BCUT2D eigenvalue weighted by Gasteiger charge is 2.21. The second kappa shape index (κ2) is 4.38. The molecule has 0 saturated heterocycles. The standard InChI is InChI=1S/C11H16N4/c1-8-2-3-9(4-8)15-11-7-13-10(5-12)6-14-11/h5-9,12H,2-4H2,1H3,(H,14,15)/t8-,9+/m0/s1. The monoisotopic (exact) mass is 204 g/mol. The molecule has 80 valence electrons. The van der Waals surface area contributed by atoms with Gasteiger partial charge in [-0.3, -0.25) is 0 Å². The lowest BCUT2D eigenvalue weighted by Gasteiger charge is -2.12. The molecule has 0 bridgehead atoms. The number of anilines is 1. The van der Waals surface area contributed by atoms with Crippen molar-refractivity contribution in [3.8, 4) is 0 Å². The maximum absolute atomic E-state index is 7.02. The van der Waals surface area contributed by atoms with Gasteiger partial charge in [0, 0.05) is 12.3 Å². The summed E-state index contributed by atoms with van der Waals surface area (Å²) < 4.78 is 0. The van der Waals surface area contributed by atoms with Crippen molar-refractivity contribution in [1.82, 2.24) is 9.97 Å². The Morgan fingerprint density at radius 2 is 2.27 bits per heavy atom. The van der Waals surface area contributed by atoms with Crippen LogP contribution in [-0.2, 0) is 0 Å². The molecule has 1 saturated carbocycles. The van der Waals surface area contributed by atoms with Crippen LogP contribution in [0.3, 0.4) is 0 Å². The number of rotatable bonds is 3. The van der Waals surface area contributed by atoms with Crippen LogP contribution in [0.4, 0.5) is 5.82 Å². The van der Waals surface area contributed by atoms with Crippen LogP contribution in [0.25, 0.3) is 0 Å². The van der Waals surface area contributed by atoms with Gasteiger partial charge in [0.15, 0.2) is 0 Å². The van der Waals surface area contributed by atoms with E-state index in [1.54, 1.807) is 12.4 Å². The van der Waals surface area contributed by atoms with E-state index in [9.17, 15) is 0 Å². The lowest BCUT2D eigenvalue weighted by atomic mass is 10.1. The second-order valence-electron chi connectivity index (χ2n) is 4.23. The zero-order valence-electron chi connectivity index (χ0n) is 8.90. The van der Waals surface area contributed by atoms with Gasteiger partial charge in [-0.05, 0) is 25.2 Å². The van der Waals surface area contributed by atoms with E-state index in [-0.39, 0.29) is 0 Å². The van der Waals surface area contributed by atoms with E-state index in [1.807, 2.05) is 0 Å². The summed E-state index contributed by atoms with van der Waals surface area (Å²) in [6, 6.07) is 0.542. The number of nitrogens with one attached hydrogen (secondary N) is 2. The summed E-state index contributed by atoms with van der Waals surface area (Å²) in [5.74, 6) is 1.64. The molecule has 2 N–H and O–H groups in total. The van der Waals surface area contributed by atoms with Crippen LogP contribution in [0.2, 0.25) is 0 Å². The topological polar surface area (TPSA) is 61.7 Å². The summed E-state index contributed by atoms with van der Waals surface area (Å²) in [6.45, 7) is 2.28. The third-order valence-electron chi connectivity index (χ3n) is 2.87.